The second-order valence-electron chi connectivity index (χ2n) is 4.84. The number of hydrogen-bond acceptors (Lipinski definition) is 5. The van der Waals surface area contributed by atoms with Crippen LogP contribution in [0.2, 0.25) is 0 Å². The number of hydrogen-bond donors (Lipinski definition) is 1. The van der Waals surface area contributed by atoms with Crippen molar-refractivity contribution in [3.8, 4) is 5.75 Å². The number of sulfonamides is 1. The van der Waals surface area contributed by atoms with Gasteiger partial charge in [-0.15, -0.1) is 11.3 Å². The predicted molar refractivity (Wildman–Crippen MR) is 77.8 cm³/mol. The van der Waals surface area contributed by atoms with Crippen LogP contribution in [0.15, 0.2) is 27.9 Å². The van der Waals surface area contributed by atoms with Gasteiger partial charge < -0.3 is 4.74 Å². The molecular formula is C13H13FN2O3S2. The van der Waals surface area contributed by atoms with E-state index < -0.39 is 20.7 Å². The highest BCUT2D eigenvalue weighted by molar-refractivity contribution is 7.92. The maximum absolute atomic E-state index is 14.2. The predicted octanol–water partition coefficient (Wildman–Crippen LogP) is 2.97. The van der Waals surface area contributed by atoms with Crippen LogP contribution in [0.5, 0.6) is 5.75 Å². The van der Waals surface area contributed by atoms with Crippen LogP contribution in [0.3, 0.4) is 0 Å². The number of fused-ring (bicyclic) bond motifs is 1. The fraction of sp³-hybridized carbons (Fsp3) is 0.308. The lowest BCUT2D eigenvalue weighted by Gasteiger charge is -2.23. The number of nitrogens with one attached hydrogen (secondary N) is 1. The van der Waals surface area contributed by atoms with Gasteiger partial charge in [-0.2, -0.15) is 0 Å². The Morgan fingerprint density at radius 3 is 3.00 bits per heavy atom. The summed E-state index contributed by atoms with van der Waals surface area (Å²) in [5, 5.41) is 1.53. The molecule has 1 aromatic heterocycles. The van der Waals surface area contributed by atoms with E-state index in [2.05, 4.69) is 9.71 Å². The van der Waals surface area contributed by atoms with Crippen molar-refractivity contribution in [3.05, 3.63) is 34.4 Å². The average molecular weight is 328 g/mol. The lowest BCUT2D eigenvalue weighted by Crippen LogP contribution is -2.18. The van der Waals surface area contributed by atoms with Crippen LogP contribution in [0.4, 0.5) is 10.2 Å². The average Bonchev–Trinajstić information content (AvgIpc) is 2.91. The molecule has 2 aromatic rings. The van der Waals surface area contributed by atoms with Crippen LogP contribution in [0.1, 0.15) is 24.8 Å². The number of benzene rings is 1. The molecule has 1 aromatic carbocycles. The van der Waals surface area contributed by atoms with Crippen LogP contribution in [-0.2, 0) is 10.0 Å². The highest BCUT2D eigenvalue weighted by atomic mass is 32.2. The van der Waals surface area contributed by atoms with E-state index in [4.69, 9.17) is 4.74 Å². The monoisotopic (exact) mass is 328 g/mol. The van der Waals surface area contributed by atoms with Crippen molar-refractivity contribution in [3.63, 3.8) is 0 Å². The zero-order valence-electron chi connectivity index (χ0n) is 11.2. The first-order valence-corrected chi connectivity index (χ1v) is 8.77. The number of anilines is 1. The third-order valence-electron chi connectivity index (χ3n) is 3.36. The summed E-state index contributed by atoms with van der Waals surface area (Å²) >= 11 is 1.25. The molecule has 0 aliphatic carbocycles. The molecule has 0 saturated carbocycles. The largest absolute Gasteiger partial charge is 0.493 e. The van der Waals surface area contributed by atoms with Crippen LogP contribution >= 0.6 is 11.3 Å². The van der Waals surface area contributed by atoms with Gasteiger partial charge in [-0.3, -0.25) is 4.72 Å². The lowest BCUT2D eigenvalue weighted by atomic mass is 9.95. The second-order valence-corrected chi connectivity index (χ2v) is 7.21. The third kappa shape index (κ3) is 2.73. The van der Waals surface area contributed by atoms with E-state index in [1.54, 1.807) is 0 Å². The Morgan fingerprint density at radius 2 is 2.29 bits per heavy atom. The summed E-state index contributed by atoms with van der Waals surface area (Å²) in [6.07, 6.45) is 0.787. The van der Waals surface area contributed by atoms with Crippen molar-refractivity contribution in [2.24, 2.45) is 0 Å². The summed E-state index contributed by atoms with van der Waals surface area (Å²) in [5.41, 5.74) is 2.19. The molecule has 3 rings (SSSR count). The summed E-state index contributed by atoms with van der Waals surface area (Å²) in [6, 6.07) is 2.49. The molecule has 0 bridgehead atoms. The van der Waals surface area contributed by atoms with Crippen molar-refractivity contribution in [2.45, 2.75) is 24.2 Å². The van der Waals surface area contributed by atoms with E-state index in [9.17, 15) is 12.8 Å². The second kappa shape index (κ2) is 5.27. The molecule has 0 fully saturated rings. The number of thiazole rings is 1. The van der Waals surface area contributed by atoms with E-state index in [0.29, 0.717) is 17.9 Å². The number of rotatable bonds is 3. The Kier molecular flexibility index (Phi) is 3.58. The van der Waals surface area contributed by atoms with Crippen LogP contribution in [-0.4, -0.2) is 20.0 Å². The molecule has 1 aliphatic rings. The fourth-order valence-corrected chi connectivity index (χ4v) is 3.86. The van der Waals surface area contributed by atoms with Gasteiger partial charge in [0, 0.05) is 17.0 Å². The van der Waals surface area contributed by atoms with E-state index in [-0.39, 0.29) is 11.7 Å². The molecule has 1 N–H and O–H groups in total. The Morgan fingerprint density at radius 1 is 1.48 bits per heavy atom. The highest BCUT2D eigenvalue weighted by Crippen LogP contribution is 2.36. The first-order chi connectivity index (χ1) is 9.97. The zero-order valence-corrected chi connectivity index (χ0v) is 12.8. The molecule has 1 aliphatic heterocycles. The molecule has 0 amide bonds. The zero-order chi connectivity index (χ0) is 15.0. The Bertz CT molecular complexity index is 760. The number of ether oxygens (including phenoxy) is 1. The quantitative estimate of drug-likeness (QED) is 0.940. The molecular weight excluding hydrogens is 315 g/mol. The van der Waals surface area contributed by atoms with Crippen LogP contribution in [0, 0.1) is 5.82 Å². The highest BCUT2D eigenvalue weighted by Gasteiger charge is 2.26. The minimum atomic E-state index is -4.03. The summed E-state index contributed by atoms with van der Waals surface area (Å²) in [4.78, 5) is 3.40. The van der Waals surface area contributed by atoms with Gasteiger partial charge in [0.2, 0.25) is 0 Å². The Hall–Kier alpha value is -1.67. The lowest BCUT2D eigenvalue weighted by molar-refractivity contribution is 0.270. The van der Waals surface area contributed by atoms with Crippen molar-refractivity contribution >= 4 is 27.2 Å². The van der Waals surface area contributed by atoms with Gasteiger partial charge in [0.15, 0.2) is 5.82 Å². The first-order valence-electron chi connectivity index (χ1n) is 6.34. The minimum Gasteiger partial charge on any atom is -0.493 e. The molecule has 5 nitrogen and oxygen atoms in total. The van der Waals surface area contributed by atoms with E-state index in [1.165, 1.54) is 34.4 Å². The maximum atomic E-state index is 14.2. The Labute approximate surface area is 125 Å². The summed E-state index contributed by atoms with van der Waals surface area (Å²) < 4.78 is 46.4. The topological polar surface area (TPSA) is 68.3 Å². The van der Waals surface area contributed by atoms with Gasteiger partial charge in [-0.1, -0.05) is 6.92 Å². The Balaban J connectivity index is 2.02. The summed E-state index contributed by atoms with van der Waals surface area (Å²) in [6.45, 7) is 2.46. The van der Waals surface area contributed by atoms with Gasteiger partial charge in [0.1, 0.15) is 16.5 Å². The molecule has 0 spiro atoms. The van der Waals surface area contributed by atoms with Crippen molar-refractivity contribution in [2.75, 3.05) is 11.3 Å². The maximum Gasteiger partial charge on any atom is 0.266 e. The minimum absolute atomic E-state index is 0.145. The van der Waals surface area contributed by atoms with Gasteiger partial charge in [0.05, 0.1) is 12.1 Å². The van der Waals surface area contributed by atoms with Crippen LogP contribution < -0.4 is 9.46 Å². The van der Waals surface area contributed by atoms with Gasteiger partial charge in [-0.05, 0) is 18.4 Å². The molecule has 1 atom stereocenters. The van der Waals surface area contributed by atoms with Crippen molar-refractivity contribution in [1.82, 2.24) is 4.98 Å². The fourth-order valence-electron chi connectivity index (χ4n) is 2.22. The molecule has 0 saturated heterocycles. The molecule has 112 valence electrons. The molecule has 8 heteroatoms. The van der Waals surface area contributed by atoms with Crippen molar-refractivity contribution in [1.29, 1.82) is 0 Å². The smallest absolute Gasteiger partial charge is 0.266 e. The normalized spacial score (nSPS) is 17.9. The van der Waals surface area contributed by atoms with E-state index in [0.717, 1.165) is 6.42 Å². The molecule has 21 heavy (non-hydrogen) atoms. The number of aromatic nitrogens is 1. The van der Waals surface area contributed by atoms with Gasteiger partial charge in [-0.25, -0.2) is 17.8 Å². The molecule has 0 radical (unpaired) electrons. The van der Waals surface area contributed by atoms with E-state index >= 15 is 0 Å². The van der Waals surface area contributed by atoms with Crippen molar-refractivity contribution < 1.29 is 17.5 Å². The van der Waals surface area contributed by atoms with Gasteiger partial charge >= 0.3 is 0 Å². The first kappa shape index (κ1) is 14.3. The summed E-state index contributed by atoms with van der Waals surface area (Å²) in [5.74, 6) is -0.0412. The molecule has 0 unspecified atom stereocenters. The van der Waals surface area contributed by atoms with Gasteiger partial charge in [0.25, 0.3) is 10.0 Å². The number of halogens is 1. The summed E-state index contributed by atoms with van der Waals surface area (Å²) in [7, 11) is -4.03. The standard InChI is InChI=1S/C13H13FN2O3S2/c1-8-2-3-19-11-5-12(10(14)4-9(8)11)21(17,18)16-13-6-20-7-15-13/h4-8,16H,2-3H2,1H3/t8-/m1/s1. The SMILES string of the molecule is C[C@@H]1CCOc2cc(S(=O)(=O)Nc3cscn3)c(F)cc21. The molecule has 2 heterocycles. The van der Waals surface area contributed by atoms with E-state index in [1.807, 2.05) is 6.92 Å². The third-order valence-corrected chi connectivity index (χ3v) is 5.32. The van der Waals surface area contributed by atoms with Crippen LogP contribution in [0.25, 0.3) is 0 Å². The number of nitrogens with zero attached hydrogens (tertiary/aromatic N) is 1.